The average Bonchev–Trinajstić information content (AvgIpc) is 2.31. The third-order valence-corrected chi connectivity index (χ3v) is 2.57. The molecule has 4 N–H and O–H groups in total. The van der Waals surface area contributed by atoms with Crippen LogP contribution in [0.25, 0.3) is 0 Å². The fraction of sp³-hybridized carbons (Fsp3) is 0.417. The third-order valence-electron chi connectivity index (χ3n) is 2.34. The van der Waals surface area contributed by atoms with E-state index in [4.69, 9.17) is 22.2 Å². The Bertz CT molecular complexity index is 423. The Morgan fingerprint density at radius 2 is 2.28 bits per heavy atom. The number of benzene rings is 1. The Hall–Kier alpha value is -1.30. The number of hydrazine groups is 1. The van der Waals surface area contributed by atoms with Gasteiger partial charge in [0.05, 0.1) is 12.6 Å². The molecule has 0 aliphatic rings. The summed E-state index contributed by atoms with van der Waals surface area (Å²) in [4.78, 5) is 4.35. The number of halogens is 1. The van der Waals surface area contributed by atoms with Crippen molar-refractivity contribution in [2.45, 2.75) is 19.9 Å². The van der Waals surface area contributed by atoms with Crippen molar-refractivity contribution in [1.29, 1.82) is 0 Å². The molecule has 0 aliphatic carbocycles. The van der Waals surface area contributed by atoms with E-state index in [0.717, 1.165) is 11.3 Å². The molecule has 0 aromatic heterocycles. The predicted molar refractivity (Wildman–Crippen MR) is 75.9 cm³/mol. The van der Waals surface area contributed by atoms with E-state index in [1.165, 1.54) is 0 Å². The van der Waals surface area contributed by atoms with Crippen LogP contribution in [-0.2, 0) is 4.74 Å². The van der Waals surface area contributed by atoms with E-state index in [9.17, 15) is 0 Å². The summed E-state index contributed by atoms with van der Waals surface area (Å²) in [7, 11) is 1.64. The van der Waals surface area contributed by atoms with Gasteiger partial charge in [0.25, 0.3) is 0 Å². The first-order chi connectivity index (χ1) is 8.56. The molecule has 0 spiro atoms. The van der Waals surface area contributed by atoms with E-state index < -0.39 is 0 Å². The summed E-state index contributed by atoms with van der Waals surface area (Å²) in [6, 6.07) is 5.58. The Morgan fingerprint density at radius 3 is 2.83 bits per heavy atom. The molecule has 0 fully saturated rings. The number of ether oxygens (including phenoxy) is 1. The van der Waals surface area contributed by atoms with Gasteiger partial charge >= 0.3 is 0 Å². The number of nitrogens with one attached hydrogen (secondary N) is 2. The molecule has 0 saturated heterocycles. The van der Waals surface area contributed by atoms with Gasteiger partial charge in [0.1, 0.15) is 0 Å². The van der Waals surface area contributed by atoms with E-state index >= 15 is 0 Å². The van der Waals surface area contributed by atoms with Gasteiger partial charge in [-0.2, -0.15) is 0 Å². The Kier molecular flexibility index (Phi) is 5.91. The summed E-state index contributed by atoms with van der Waals surface area (Å²) in [5, 5.41) is 3.81. The Balaban J connectivity index is 2.79. The van der Waals surface area contributed by atoms with Crippen molar-refractivity contribution >= 4 is 23.2 Å². The molecule has 1 atom stereocenters. The number of anilines is 1. The normalized spacial score (nSPS) is 13.3. The van der Waals surface area contributed by atoms with Gasteiger partial charge in [0, 0.05) is 17.8 Å². The molecule has 0 amide bonds. The topological polar surface area (TPSA) is 71.7 Å². The minimum absolute atomic E-state index is 0.0150. The van der Waals surface area contributed by atoms with Crippen LogP contribution in [0, 0.1) is 6.92 Å². The lowest BCUT2D eigenvalue weighted by Crippen LogP contribution is -2.37. The maximum atomic E-state index is 5.90. The summed E-state index contributed by atoms with van der Waals surface area (Å²) < 4.78 is 5.02. The van der Waals surface area contributed by atoms with Crippen molar-refractivity contribution in [2.75, 3.05) is 19.0 Å². The standard InChI is InChI=1S/C12H19ClN4O/c1-8-6-10(13)4-5-11(8)16-12(17-14)15-9(2)7-18-3/h4-6,9H,7,14H2,1-3H3,(H2,15,16,17). The first kappa shape index (κ1) is 14.8. The van der Waals surface area contributed by atoms with E-state index in [1.807, 2.05) is 32.0 Å². The van der Waals surface area contributed by atoms with E-state index in [2.05, 4.69) is 15.7 Å². The number of nitrogens with zero attached hydrogens (tertiary/aromatic N) is 1. The summed E-state index contributed by atoms with van der Waals surface area (Å²) in [5.41, 5.74) is 4.45. The van der Waals surface area contributed by atoms with Crippen molar-refractivity contribution in [3.63, 3.8) is 0 Å². The number of methoxy groups -OCH3 is 1. The van der Waals surface area contributed by atoms with Crippen LogP contribution in [0.5, 0.6) is 0 Å². The van der Waals surface area contributed by atoms with Gasteiger partial charge in [0.15, 0.2) is 0 Å². The van der Waals surface area contributed by atoms with Crippen LogP contribution < -0.4 is 16.6 Å². The molecule has 1 unspecified atom stereocenters. The van der Waals surface area contributed by atoms with E-state index in [-0.39, 0.29) is 6.04 Å². The number of hydrogen-bond acceptors (Lipinski definition) is 3. The molecule has 5 nitrogen and oxygen atoms in total. The SMILES string of the molecule is COCC(C)N=C(NN)Nc1ccc(Cl)cc1C. The first-order valence-electron chi connectivity index (χ1n) is 5.63. The van der Waals surface area contributed by atoms with Crippen LogP contribution >= 0.6 is 11.6 Å². The van der Waals surface area contributed by atoms with Gasteiger partial charge in [-0.05, 0) is 37.6 Å². The minimum Gasteiger partial charge on any atom is -0.382 e. The fourth-order valence-corrected chi connectivity index (χ4v) is 1.73. The highest BCUT2D eigenvalue weighted by Crippen LogP contribution is 2.19. The lowest BCUT2D eigenvalue weighted by atomic mass is 10.2. The zero-order valence-electron chi connectivity index (χ0n) is 10.8. The second kappa shape index (κ2) is 7.20. The van der Waals surface area contributed by atoms with Crippen LogP contribution in [-0.4, -0.2) is 25.7 Å². The monoisotopic (exact) mass is 270 g/mol. The molecule has 100 valence electrons. The number of aryl methyl sites for hydroxylation is 1. The second-order valence-electron chi connectivity index (χ2n) is 4.01. The fourth-order valence-electron chi connectivity index (χ4n) is 1.50. The number of nitrogens with two attached hydrogens (primary N) is 1. The smallest absolute Gasteiger partial charge is 0.210 e. The maximum absolute atomic E-state index is 5.90. The van der Waals surface area contributed by atoms with Gasteiger partial charge < -0.3 is 10.1 Å². The molecule has 0 saturated carbocycles. The molecule has 0 bridgehead atoms. The number of guanidine groups is 1. The lowest BCUT2D eigenvalue weighted by molar-refractivity contribution is 0.185. The highest BCUT2D eigenvalue weighted by atomic mass is 35.5. The van der Waals surface area contributed by atoms with Gasteiger partial charge in [-0.15, -0.1) is 0 Å². The lowest BCUT2D eigenvalue weighted by Gasteiger charge is -2.14. The second-order valence-corrected chi connectivity index (χ2v) is 4.45. The molecular formula is C12H19ClN4O. The van der Waals surface area contributed by atoms with Crippen molar-refractivity contribution in [3.05, 3.63) is 28.8 Å². The summed E-state index contributed by atoms with van der Waals surface area (Å²) in [6.45, 7) is 4.44. The summed E-state index contributed by atoms with van der Waals surface area (Å²) >= 11 is 5.90. The van der Waals surface area contributed by atoms with Crippen molar-refractivity contribution in [1.82, 2.24) is 5.43 Å². The van der Waals surface area contributed by atoms with Gasteiger partial charge in [-0.3, -0.25) is 5.43 Å². The van der Waals surface area contributed by atoms with Crippen LogP contribution in [0.15, 0.2) is 23.2 Å². The Morgan fingerprint density at radius 1 is 1.56 bits per heavy atom. The molecule has 0 radical (unpaired) electrons. The predicted octanol–water partition coefficient (Wildman–Crippen LogP) is 1.91. The number of rotatable bonds is 4. The zero-order valence-corrected chi connectivity index (χ0v) is 11.6. The highest BCUT2D eigenvalue weighted by Gasteiger charge is 2.05. The number of hydrogen-bond donors (Lipinski definition) is 3. The highest BCUT2D eigenvalue weighted by molar-refractivity contribution is 6.30. The van der Waals surface area contributed by atoms with E-state index in [1.54, 1.807) is 7.11 Å². The van der Waals surface area contributed by atoms with Crippen molar-refractivity contribution in [3.8, 4) is 0 Å². The molecular weight excluding hydrogens is 252 g/mol. The molecule has 1 aromatic carbocycles. The molecule has 0 aliphatic heterocycles. The summed E-state index contributed by atoms with van der Waals surface area (Å²) in [6.07, 6.45) is 0. The summed E-state index contributed by atoms with van der Waals surface area (Å²) in [5.74, 6) is 5.93. The van der Waals surface area contributed by atoms with Gasteiger partial charge in [-0.25, -0.2) is 10.8 Å². The first-order valence-corrected chi connectivity index (χ1v) is 6.01. The van der Waals surface area contributed by atoms with Crippen LogP contribution in [0.2, 0.25) is 5.02 Å². The minimum atomic E-state index is 0.0150. The van der Waals surface area contributed by atoms with Crippen molar-refractivity contribution in [2.24, 2.45) is 10.8 Å². The van der Waals surface area contributed by atoms with Gasteiger partial charge in [-0.1, -0.05) is 11.6 Å². The quantitative estimate of drug-likeness (QED) is 0.338. The van der Waals surface area contributed by atoms with Crippen LogP contribution in [0.1, 0.15) is 12.5 Å². The molecule has 1 aromatic rings. The molecule has 0 heterocycles. The largest absolute Gasteiger partial charge is 0.382 e. The average molecular weight is 271 g/mol. The van der Waals surface area contributed by atoms with Crippen LogP contribution in [0.3, 0.4) is 0 Å². The third kappa shape index (κ3) is 4.52. The van der Waals surface area contributed by atoms with Crippen LogP contribution in [0.4, 0.5) is 5.69 Å². The number of aliphatic imine (C=N–C) groups is 1. The maximum Gasteiger partial charge on any atom is 0.210 e. The van der Waals surface area contributed by atoms with E-state index in [0.29, 0.717) is 17.6 Å². The van der Waals surface area contributed by atoms with Crippen molar-refractivity contribution < 1.29 is 4.74 Å². The zero-order chi connectivity index (χ0) is 13.5. The Labute approximate surface area is 112 Å². The molecule has 1 rings (SSSR count). The molecule has 6 heteroatoms. The van der Waals surface area contributed by atoms with Gasteiger partial charge in [0.2, 0.25) is 5.96 Å². The molecule has 18 heavy (non-hydrogen) atoms.